The number of aromatic amines is 2. The highest BCUT2D eigenvalue weighted by Gasteiger charge is 2.26. The van der Waals surface area contributed by atoms with Gasteiger partial charge >= 0.3 is 5.69 Å². The zero-order valence-electron chi connectivity index (χ0n) is 16.7. The second-order valence-corrected chi connectivity index (χ2v) is 8.26. The summed E-state index contributed by atoms with van der Waals surface area (Å²) in [6, 6.07) is 10.3. The summed E-state index contributed by atoms with van der Waals surface area (Å²) in [5.74, 6) is -0.0256. The molecule has 1 aromatic carbocycles. The molecule has 0 spiro atoms. The smallest absolute Gasteiger partial charge is 0.326 e. The van der Waals surface area contributed by atoms with E-state index in [1.165, 1.54) is 5.56 Å². The van der Waals surface area contributed by atoms with E-state index in [0.717, 1.165) is 25.7 Å². The Bertz CT molecular complexity index is 951. The summed E-state index contributed by atoms with van der Waals surface area (Å²) in [6.45, 7) is 3.19. The molecule has 0 unspecified atom stereocenters. The van der Waals surface area contributed by atoms with E-state index in [-0.39, 0.29) is 24.0 Å². The molecule has 29 heavy (non-hydrogen) atoms. The van der Waals surface area contributed by atoms with Crippen LogP contribution in [0.5, 0.6) is 0 Å². The molecular formula is C21H28N4O4. The van der Waals surface area contributed by atoms with Gasteiger partial charge in [0.15, 0.2) is 0 Å². The molecule has 3 rings (SSSR count). The topological polar surface area (TPSA) is 127 Å². The van der Waals surface area contributed by atoms with Crippen molar-refractivity contribution in [2.45, 2.75) is 57.1 Å². The van der Waals surface area contributed by atoms with Crippen LogP contribution in [0.4, 0.5) is 5.69 Å². The molecule has 1 aromatic heterocycles. The van der Waals surface area contributed by atoms with Gasteiger partial charge in [-0.2, -0.15) is 0 Å². The van der Waals surface area contributed by atoms with Gasteiger partial charge in [-0.1, -0.05) is 30.3 Å². The Morgan fingerprint density at radius 3 is 2.38 bits per heavy atom. The molecule has 0 bridgehead atoms. The van der Waals surface area contributed by atoms with E-state index >= 15 is 0 Å². The van der Waals surface area contributed by atoms with Crippen LogP contribution in [0.15, 0.2) is 39.9 Å². The van der Waals surface area contributed by atoms with Crippen LogP contribution >= 0.6 is 0 Å². The van der Waals surface area contributed by atoms with Crippen molar-refractivity contribution >= 4 is 11.6 Å². The lowest BCUT2D eigenvalue weighted by Gasteiger charge is -2.29. The minimum Gasteiger partial charge on any atom is -0.389 e. The van der Waals surface area contributed by atoms with Gasteiger partial charge in [-0.3, -0.25) is 14.6 Å². The molecule has 0 aliphatic heterocycles. The molecule has 0 saturated heterocycles. The zero-order chi connectivity index (χ0) is 21.0. The quantitative estimate of drug-likeness (QED) is 0.504. The summed E-state index contributed by atoms with van der Waals surface area (Å²) in [5.41, 5.74) is -1.39. The summed E-state index contributed by atoms with van der Waals surface area (Å²) in [5, 5.41) is 15.6. The molecule has 8 nitrogen and oxygen atoms in total. The third kappa shape index (κ3) is 5.57. The number of carbonyl (C=O) groups is 1. The van der Waals surface area contributed by atoms with E-state index in [1.54, 1.807) is 13.8 Å². The average molecular weight is 400 g/mol. The van der Waals surface area contributed by atoms with E-state index in [0.29, 0.717) is 5.92 Å². The summed E-state index contributed by atoms with van der Waals surface area (Å²) in [4.78, 5) is 41.2. The number of aromatic nitrogens is 2. The van der Waals surface area contributed by atoms with Crippen molar-refractivity contribution < 1.29 is 9.90 Å². The molecular weight excluding hydrogens is 372 g/mol. The van der Waals surface area contributed by atoms with Crippen molar-refractivity contribution in [3.63, 3.8) is 0 Å². The predicted molar refractivity (Wildman–Crippen MR) is 111 cm³/mol. The highest BCUT2D eigenvalue weighted by molar-refractivity contribution is 5.97. The monoisotopic (exact) mass is 400 g/mol. The number of amides is 1. The molecule has 2 aromatic rings. The predicted octanol–water partition coefficient (Wildman–Crippen LogP) is 1.70. The number of aliphatic hydroxyl groups is 1. The third-order valence-corrected chi connectivity index (χ3v) is 5.20. The van der Waals surface area contributed by atoms with E-state index in [1.807, 2.05) is 18.2 Å². The Balaban J connectivity index is 1.68. The van der Waals surface area contributed by atoms with Crippen LogP contribution in [0.3, 0.4) is 0 Å². The van der Waals surface area contributed by atoms with Gasteiger partial charge < -0.3 is 20.7 Å². The molecule has 0 atom stereocenters. The molecule has 8 heteroatoms. The van der Waals surface area contributed by atoms with E-state index in [2.05, 4.69) is 32.7 Å². The van der Waals surface area contributed by atoms with Crippen molar-refractivity contribution in [2.75, 3.05) is 11.9 Å². The van der Waals surface area contributed by atoms with Crippen LogP contribution in [0.1, 0.15) is 61.5 Å². The highest BCUT2D eigenvalue weighted by Crippen LogP contribution is 2.32. The fourth-order valence-corrected chi connectivity index (χ4v) is 3.68. The van der Waals surface area contributed by atoms with Crippen molar-refractivity contribution in [1.82, 2.24) is 15.3 Å². The van der Waals surface area contributed by atoms with Crippen molar-refractivity contribution in [3.05, 3.63) is 62.4 Å². The Kier molecular flexibility index (Phi) is 6.22. The van der Waals surface area contributed by atoms with E-state index < -0.39 is 22.8 Å². The molecule has 1 aliphatic rings. The van der Waals surface area contributed by atoms with Crippen molar-refractivity contribution in [3.8, 4) is 0 Å². The number of benzene rings is 1. The lowest BCUT2D eigenvalue weighted by atomic mass is 9.82. The van der Waals surface area contributed by atoms with Crippen LogP contribution in [-0.4, -0.2) is 39.2 Å². The summed E-state index contributed by atoms with van der Waals surface area (Å²) < 4.78 is 0. The molecule has 0 radical (unpaired) electrons. The first-order valence-corrected chi connectivity index (χ1v) is 9.91. The standard InChI is InChI=1S/C21H28N4O4/c1-21(2,29)12-22-16-17(24-20(28)25-18(16)26)19(27)23-15-10-8-14(9-11-15)13-6-4-3-5-7-13/h3-7,14-15,22,29H,8-12H2,1-2H3,(H,23,27)(H2,24,25,26,28). The van der Waals surface area contributed by atoms with Gasteiger partial charge in [0.25, 0.3) is 11.5 Å². The number of H-pyrrole nitrogens is 2. The fourth-order valence-electron chi connectivity index (χ4n) is 3.68. The maximum Gasteiger partial charge on any atom is 0.326 e. The molecule has 1 aliphatic carbocycles. The highest BCUT2D eigenvalue weighted by atomic mass is 16.3. The number of hydrogen-bond acceptors (Lipinski definition) is 5. The SMILES string of the molecule is CC(C)(O)CNc1c(C(=O)NC2CCC(c3ccccc3)CC2)[nH]c(=O)[nH]c1=O. The van der Waals surface area contributed by atoms with Gasteiger partial charge in [0.2, 0.25) is 0 Å². The number of hydrogen-bond donors (Lipinski definition) is 5. The molecule has 1 fully saturated rings. The van der Waals surface area contributed by atoms with Crippen molar-refractivity contribution in [1.29, 1.82) is 0 Å². The van der Waals surface area contributed by atoms with Crippen LogP contribution in [0.25, 0.3) is 0 Å². The molecule has 156 valence electrons. The van der Waals surface area contributed by atoms with Gasteiger partial charge in [-0.05, 0) is 51.0 Å². The Morgan fingerprint density at radius 2 is 1.76 bits per heavy atom. The Morgan fingerprint density at radius 1 is 1.10 bits per heavy atom. The maximum absolute atomic E-state index is 12.8. The molecule has 1 amide bonds. The Labute approximate surface area is 168 Å². The molecule has 1 saturated carbocycles. The average Bonchev–Trinajstić information content (AvgIpc) is 2.67. The van der Waals surface area contributed by atoms with Gasteiger partial charge in [-0.25, -0.2) is 4.79 Å². The second-order valence-electron chi connectivity index (χ2n) is 8.26. The first kappa shape index (κ1) is 20.9. The lowest BCUT2D eigenvalue weighted by Crippen LogP contribution is -2.41. The van der Waals surface area contributed by atoms with Crippen LogP contribution in [0, 0.1) is 0 Å². The summed E-state index contributed by atoms with van der Waals surface area (Å²) in [6.07, 6.45) is 3.58. The lowest BCUT2D eigenvalue weighted by molar-refractivity contribution is 0.0910. The minimum absolute atomic E-state index is 0.0209. The third-order valence-electron chi connectivity index (χ3n) is 5.20. The van der Waals surface area contributed by atoms with Crippen LogP contribution in [-0.2, 0) is 0 Å². The number of nitrogens with one attached hydrogen (secondary N) is 4. The van der Waals surface area contributed by atoms with E-state index in [9.17, 15) is 19.5 Å². The fraction of sp³-hybridized carbons (Fsp3) is 0.476. The van der Waals surface area contributed by atoms with E-state index in [4.69, 9.17) is 0 Å². The van der Waals surface area contributed by atoms with Crippen molar-refractivity contribution in [2.24, 2.45) is 0 Å². The first-order valence-electron chi connectivity index (χ1n) is 9.91. The minimum atomic E-state index is -1.09. The normalized spacial score (nSPS) is 19.6. The number of rotatable bonds is 6. The zero-order valence-corrected chi connectivity index (χ0v) is 16.7. The van der Waals surface area contributed by atoms with Crippen LogP contribution < -0.4 is 21.9 Å². The van der Waals surface area contributed by atoms with Gasteiger partial charge in [-0.15, -0.1) is 0 Å². The van der Waals surface area contributed by atoms with Crippen LogP contribution in [0.2, 0.25) is 0 Å². The van der Waals surface area contributed by atoms with Gasteiger partial charge in [0.05, 0.1) is 5.60 Å². The maximum atomic E-state index is 12.8. The second kappa shape index (κ2) is 8.65. The van der Waals surface area contributed by atoms with Gasteiger partial charge in [0.1, 0.15) is 11.4 Å². The largest absolute Gasteiger partial charge is 0.389 e. The number of carbonyl (C=O) groups excluding carboxylic acids is 1. The summed E-state index contributed by atoms with van der Waals surface area (Å²) in [7, 11) is 0. The Hall–Kier alpha value is -2.87. The summed E-state index contributed by atoms with van der Waals surface area (Å²) >= 11 is 0. The number of anilines is 1. The van der Waals surface area contributed by atoms with Gasteiger partial charge in [0, 0.05) is 12.6 Å². The molecule has 1 heterocycles. The molecule has 5 N–H and O–H groups in total. The first-order chi connectivity index (χ1) is 13.7.